The predicted molar refractivity (Wildman–Crippen MR) is 108 cm³/mol. The monoisotopic (exact) mass is 368 g/mol. The largest absolute Gasteiger partial charge is 0.351 e. The van der Waals surface area contributed by atoms with Crippen LogP contribution in [-0.4, -0.2) is 47.5 Å². The standard InChI is InChI=1S/C21H28N4O2/c1-4-25(5-2)15-13-22-21(27)19(16-18-12-9-14-24(18)3)23-20(26)17-10-7-6-8-11-17/h6-12,14,16H,4-5,13,15H2,1-3H3,(H,22,27)(H,23,26). The van der Waals surface area contributed by atoms with E-state index < -0.39 is 0 Å². The molecule has 2 N–H and O–H groups in total. The molecular formula is C21H28N4O2. The first-order valence-electron chi connectivity index (χ1n) is 9.25. The molecule has 0 aliphatic heterocycles. The van der Waals surface area contributed by atoms with Gasteiger partial charge in [0, 0.05) is 37.6 Å². The topological polar surface area (TPSA) is 66.4 Å². The van der Waals surface area contributed by atoms with E-state index in [1.807, 2.05) is 36.0 Å². The fourth-order valence-corrected chi connectivity index (χ4v) is 2.68. The minimum atomic E-state index is -0.310. The van der Waals surface area contributed by atoms with Gasteiger partial charge in [-0.2, -0.15) is 0 Å². The Bertz CT molecular complexity index is 776. The maximum Gasteiger partial charge on any atom is 0.267 e. The molecule has 2 rings (SSSR count). The highest BCUT2D eigenvalue weighted by atomic mass is 16.2. The predicted octanol–water partition coefficient (Wildman–Crippen LogP) is 2.25. The van der Waals surface area contributed by atoms with E-state index in [2.05, 4.69) is 29.4 Å². The zero-order valence-corrected chi connectivity index (χ0v) is 16.2. The van der Waals surface area contributed by atoms with E-state index >= 15 is 0 Å². The molecule has 0 atom stereocenters. The van der Waals surface area contributed by atoms with E-state index in [-0.39, 0.29) is 17.5 Å². The van der Waals surface area contributed by atoms with Gasteiger partial charge in [0.25, 0.3) is 11.8 Å². The lowest BCUT2D eigenvalue weighted by molar-refractivity contribution is -0.117. The van der Waals surface area contributed by atoms with Gasteiger partial charge in [-0.05, 0) is 43.4 Å². The fourth-order valence-electron chi connectivity index (χ4n) is 2.68. The molecule has 0 aliphatic rings. The molecule has 1 heterocycles. The summed E-state index contributed by atoms with van der Waals surface area (Å²) in [4.78, 5) is 27.4. The van der Waals surface area contributed by atoms with Crippen LogP contribution in [0.5, 0.6) is 0 Å². The first-order valence-corrected chi connectivity index (χ1v) is 9.25. The van der Waals surface area contributed by atoms with Crippen LogP contribution in [0.1, 0.15) is 29.9 Å². The Balaban J connectivity index is 2.12. The van der Waals surface area contributed by atoms with E-state index in [9.17, 15) is 9.59 Å². The van der Waals surface area contributed by atoms with Gasteiger partial charge in [0.2, 0.25) is 0 Å². The second-order valence-electron chi connectivity index (χ2n) is 6.20. The maximum absolute atomic E-state index is 12.7. The average molecular weight is 368 g/mol. The summed E-state index contributed by atoms with van der Waals surface area (Å²) >= 11 is 0. The van der Waals surface area contributed by atoms with Gasteiger partial charge in [0.15, 0.2) is 0 Å². The highest BCUT2D eigenvalue weighted by Crippen LogP contribution is 2.07. The van der Waals surface area contributed by atoms with Gasteiger partial charge in [-0.1, -0.05) is 32.0 Å². The molecule has 1 aromatic carbocycles. The number of rotatable bonds is 9. The van der Waals surface area contributed by atoms with Crippen molar-refractivity contribution in [1.29, 1.82) is 0 Å². The van der Waals surface area contributed by atoms with Gasteiger partial charge in [0.1, 0.15) is 5.70 Å². The molecule has 0 saturated heterocycles. The minimum Gasteiger partial charge on any atom is -0.351 e. The van der Waals surface area contributed by atoms with Gasteiger partial charge in [-0.3, -0.25) is 9.59 Å². The number of benzene rings is 1. The molecule has 0 aliphatic carbocycles. The van der Waals surface area contributed by atoms with Crippen molar-refractivity contribution in [2.75, 3.05) is 26.2 Å². The van der Waals surface area contributed by atoms with E-state index in [0.29, 0.717) is 12.1 Å². The second kappa shape index (κ2) is 10.3. The summed E-state index contributed by atoms with van der Waals surface area (Å²) < 4.78 is 1.89. The number of likely N-dealkylation sites (N-methyl/N-ethyl adjacent to an activating group) is 1. The minimum absolute atomic E-state index is 0.227. The van der Waals surface area contributed by atoms with E-state index in [4.69, 9.17) is 0 Å². The van der Waals surface area contributed by atoms with Gasteiger partial charge >= 0.3 is 0 Å². The molecule has 0 fully saturated rings. The molecule has 0 spiro atoms. The zero-order valence-electron chi connectivity index (χ0n) is 16.2. The number of nitrogens with one attached hydrogen (secondary N) is 2. The van der Waals surface area contributed by atoms with Gasteiger partial charge in [0.05, 0.1) is 0 Å². The Labute approximate surface area is 160 Å². The molecule has 0 bridgehead atoms. The van der Waals surface area contributed by atoms with E-state index in [1.165, 1.54) is 0 Å². The van der Waals surface area contributed by atoms with Crippen LogP contribution in [0.15, 0.2) is 54.4 Å². The van der Waals surface area contributed by atoms with Crippen molar-refractivity contribution in [3.8, 4) is 0 Å². The summed E-state index contributed by atoms with van der Waals surface area (Å²) in [5, 5.41) is 5.65. The SMILES string of the molecule is CCN(CC)CCNC(=O)C(=Cc1cccn1C)NC(=O)c1ccccc1. The van der Waals surface area contributed by atoms with Crippen molar-refractivity contribution in [3.05, 3.63) is 65.6 Å². The number of nitrogens with zero attached hydrogens (tertiary/aromatic N) is 2. The molecule has 144 valence electrons. The summed E-state index contributed by atoms with van der Waals surface area (Å²) in [5.74, 6) is -0.609. The van der Waals surface area contributed by atoms with Gasteiger partial charge in [-0.15, -0.1) is 0 Å². The number of hydrogen-bond acceptors (Lipinski definition) is 3. The van der Waals surface area contributed by atoms with Crippen LogP contribution >= 0.6 is 0 Å². The average Bonchev–Trinajstić information content (AvgIpc) is 3.09. The summed E-state index contributed by atoms with van der Waals surface area (Å²) in [6, 6.07) is 12.6. The van der Waals surface area contributed by atoms with Crippen molar-refractivity contribution in [1.82, 2.24) is 20.1 Å². The molecule has 6 heteroatoms. The van der Waals surface area contributed by atoms with Crippen LogP contribution in [0.3, 0.4) is 0 Å². The molecule has 2 amide bonds. The zero-order chi connectivity index (χ0) is 19.6. The van der Waals surface area contributed by atoms with E-state index in [0.717, 1.165) is 25.3 Å². The molecule has 27 heavy (non-hydrogen) atoms. The Kier molecular flexibility index (Phi) is 7.82. The number of carbonyl (C=O) groups is 2. The fraction of sp³-hybridized carbons (Fsp3) is 0.333. The number of aromatic nitrogens is 1. The number of carbonyl (C=O) groups excluding carboxylic acids is 2. The summed E-state index contributed by atoms with van der Waals surface area (Å²) in [5.41, 5.74) is 1.56. The molecule has 0 unspecified atom stereocenters. The third-order valence-corrected chi connectivity index (χ3v) is 4.41. The number of amides is 2. The van der Waals surface area contributed by atoms with Crippen LogP contribution in [0, 0.1) is 0 Å². The molecule has 0 radical (unpaired) electrons. The molecular weight excluding hydrogens is 340 g/mol. The lowest BCUT2D eigenvalue weighted by atomic mass is 10.2. The van der Waals surface area contributed by atoms with Crippen LogP contribution in [0.25, 0.3) is 6.08 Å². The van der Waals surface area contributed by atoms with E-state index in [1.54, 1.807) is 30.3 Å². The Morgan fingerprint density at radius 2 is 1.78 bits per heavy atom. The lowest BCUT2D eigenvalue weighted by Crippen LogP contribution is -2.39. The maximum atomic E-state index is 12.7. The Morgan fingerprint density at radius 3 is 2.37 bits per heavy atom. The Morgan fingerprint density at radius 1 is 1.07 bits per heavy atom. The molecule has 1 aromatic heterocycles. The van der Waals surface area contributed by atoms with Crippen LogP contribution in [0.2, 0.25) is 0 Å². The third kappa shape index (κ3) is 6.11. The van der Waals surface area contributed by atoms with Crippen molar-refractivity contribution in [3.63, 3.8) is 0 Å². The van der Waals surface area contributed by atoms with Crippen molar-refractivity contribution in [2.45, 2.75) is 13.8 Å². The molecule has 2 aromatic rings. The van der Waals surface area contributed by atoms with Gasteiger partial charge in [-0.25, -0.2) is 0 Å². The summed E-state index contributed by atoms with van der Waals surface area (Å²) in [7, 11) is 1.89. The Hall–Kier alpha value is -2.86. The molecule has 6 nitrogen and oxygen atoms in total. The number of aryl methyl sites for hydroxylation is 1. The number of hydrogen-bond donors (Lipinski definition) is 2. The second-order valence-corrected chi connectivity index (χ2v) is 6.20. The summed E-state index contributed by atoms with van der Waals surface area (Å²) in [6.07, 6.45) is 3.58. The van der Waals surface area contributed by atoms with Crippen molar-refractivity contribution < 1.29 is 9.59 Å². The van der Waals surface area contributed by atoms with Crippen LogP contribution < -0.4 is 10.6 Å². The molecule has 0 saturated carbocycles. The lowest BCUT2D eigenvalue weighted by Gasteiger charge is -2.18. The van der Waals surface area contributed by atoms with Crippen LogP contribution in [0.4, 0.5) is 0 Å². The quantitative estimate of drug-likeness (QED) is 0.667. The highest BCUT2D eigenvalue weighted by Gasteiger charge is 2.15. The van der Waals surface area contributed by atoms with Crippen molar-refractivity contribution in [2.24, 2.45) is 7.05 Å². The smallest absolute Gasteiger partial charge is 0.267 e. The first kappa shape index (κ1) is 20.5. The van der Waals surface area contributed by atoms with Crippen LogP contribution in [-0.2, 0) is 11.8 Å². The normalized spacial score (nSPS) is 11.5. The van der Waals surface area contributed by atoms with Gasteiger partial charge < -0.3 is 20.1 Å². The highest BCUT2D eigenvalue weighted by molar-refractivity contribution is 6.05. The summed E-state index contributed by atoms with van der Waals surface area (Å²) in [6.45, 7) is 7.33. The first-order chi connectivity index (χ1) is 13.0. The third-order valence-electron chi connectivity index (χ3n) is 4.41. The van der Waals surface area contributed by atoms with Crippen molar-refractivity contribution >= 4 is 17.9 Å².